The van der Waals surface area contributed by atoms with Gasteiger partial charge in [-0.05, 0) is 19.4 Å². The van der Waals surface area contributed by atoms with Crippen molar-refractivity contribution in [2.75, 3.05) is 0 Å². The van der Waals surface area contributed by atoms with Gasteiger partial charge in [-0.15, -0.1) is 0 Å². The van der Waals surface area contributed by atoms with Crippen LogP contribution in [0.5, 0.6) is 0 Å². The van der Waals surface area contributed by atoms with Gasteiger partial charge >= 0.3 is 0 Å². The molecule has 0 heterocycles. The van der Waals surface area contributed by atoms with Crippen molar-refractivity contribution in [2.24, 2.45) is 0 Å². The molecule has 1 aromatic rings. The highest BCUT2D eigenvalue weighted by Gasteiger charge is 2.21. The van der Waals surface area contributed by atoms with Crippen LogP contribution < -0.4 is 0 Å². The van der Waals surface area contributed by atoms with Crippen molar-refractivity contribution >= 4 is 0 Å². The molecule has 0 spiro atoms. The van der Waals surface area contributed by atoms with E-state index in [-0.39, 0.29) is 5.41 Å². The van der Waals surface area contributed by atoms with Crippen LogP contribution in [-0.4, -0.2) is 0 Å². The molecule has 0 nitrogen and oxygen atoms in total. The largest absolute Gasteiger partial charge is 0.0877 e. The molecule has 0 N–H and O–H groups in total. The first kappa shape index (κ1) is 11.8. The minimum absolute atomic E-state index is 0.112. The fourth-order valence-electron chi connectivity index (χ4n) is 1.53. The third-order valence-electron chi connectivity index (χ3n) is 3.02. The van der Waals surface area contributed by atoms with Crippen LogP contribution in [0.2, 0.25) is 0 Å². The normalized spacial score (nSPS) is 13.5. The first-order chi connectivity index (χ1) is 7.09. The summed E-state index contributed by atoms with van der Waals surface area (Å²) in [6.07, 6.45) is 6.34. The second-order valence-electron chi connectivity index (χ2n) is 4.37. The maximum absolute atomic E-state index is 2.26. The van der Waals surface area contributed by atoms with E-state index in [1.807, 2.05) is 6.92 Å². The summed E-state index contributed by atoms with van der Waals surface area (Å²) < 4.78 is 0. The van der Waals surface area contributed by atoms with Gasteiger partial charge in [-0.1, -0.05) is 68.0 Å². The molecule has 0 fully saturated rings. The van der Waals surface area contributed by atoms with E-state index in [0.717, 1.165) is 0 Å². The Labute approximate surface area is 93.3 Å². The average Bonchev–Trinajstić information content (AvgIpc) is 2.27. The van der Waals surface area contributed by atoms with Gasteiger partial charge in [0.1, 0.15) is 0 Å². The predicted octanol–water partition coefficient (Wildman–Crippen LogP) is 4.49. The maximum Gasteiger partial charge on any atom is 0.0105 e. The summed E-state index contributed by atoms with van der Waals surface area (Å²) in [5.74, 6) is 0. The molecule has 0 radical (unpaired) electrons. The maximum atomic E-state index is 2.26. The van der Waals surface area contributed by atoms with Gasteiger partial charge in [0.2, 0.25) is 0 Å². The zero-order valence-corrected chi connectivity index (χ0v) is 10.1. The zero-order chi connectivity index (χ0) is 11.3. The second kappa shape index (κ2) is 4.97. The van der Waals surface area contributed by atoms with Gasteiger partial charge in [-0.3, -0.25) is 0 Å². The molecule has 0 unspecified atom stereocenters. The van der Waals surface area contributed by atoms with Crippen molar-refractivity contribution in [3.8, 4) is 0 Å². The summed E-state index contributed by atoms with van der Waals surface area (Å²) in [7, 11) is 0. The summed E-state index contributed by atoms with van der Waals surface area (Å²) in [4.78, 5) is 0. The van der Waals surface area contributed by atoms with E-state index in [1.165, 1.54) is 11.1 Å². The highest BCUT2D eigenvalue weighted by Crippen LogP contribution is 2.30. The monoisotopic (exact) mass is 200 g/mol. The van der Waals surface area contributed by atoms with Gasteiger partial charge in [-0.2, -0.15) is 0 Å². The molecule has 0 bridgehead atoms. The third-order valence-corrected chi connectivity index (χ3v) is 3.02. The molecule has 1 aromatic carbocycles. The van der Waals surface area contributed by atoms with Gasteiger partial charge in [0.05, 0.1) is 0 Å². The quantitative estimate of drug-likeness (QED) is 0.631. The smallest absolute Gasteiger partial charge is 0.0105 e. The SMILES string of the molecule is C/C=C\C=C(/C)C(C)(C)c1ccccc1. The highest BCUT2D eigenvalue weighted by molar-refractivity contribution is 5.34. The fraction of sp³-hybridized carbons (Fsp3) is 0.333. The minimum Gasteiger partial charge on any atom is -0.0877 e. The van der Waals surface area contributed by atoms with E-state index in [4.69, 9.17) is 0 Å². The van der Waals surface area contributed by atoms with Crippen molar-refractivity contribution in [3.05, 3.63) is 59.7 Å². The van der Waals surface area contributed by atoms with Crippen molar-refractivity contribution in [2.45, 2.75) is 33.1 Å². The molecule has 0 aliphatic rings. The van der Waals surface area contributed by atoms with Crippen molar-refractivity contribution in [1.82, 2.24) is 0 Å². The van der Waals surface area contributed by atoms with Gasteiger partial charge < -0.3 is 0 Å². The number of hydrogen-bond donors (Lipinski definition) is 0. The third kappa shape index (κ3) is 2.82. The van der Waals surface area contributed by atoms with Crippen LogP contribution in [0.15, 0.2) is 54.1 Å². The molecular formula is C15H20. The molecule has 1 rings (SSSR count). The van der Waals surface area contributed by atoms with E-state index in [0.29, 0.717) is 0 Å². The molecule has 0 atom stereocenters. The van der Waals surface area contributed by atoms with Gasteiger partial charge in [-0.25, -0.2) is 0 Å². The Hall–Kier alpha value is -1.30. The van der Waals surface area contributed by atoms with Gasteiger partial charge in [0.25, 0.3) is 0 Å². The lowest BCUT2D eigenvalue weighted by Crippen LogP contribution is -2.18. The Morgan fingerprint density at radius 2 is 1.73 bits per heavy atom. The van der Waals surface area contributed by atoms with Crippen molar-refractivity contribution in [1.29, 1.82) is 0 Å². The molecule has 0 heteroatoms. The van der Waals surface area contributed by atoms with Crippen molar-refractivity contribution < 1.29 is 0 Å². The molecular weight excluding hydrogens is 180 g/mol. The lowest BCUT2D eigenvalue weighted by atomic mass is 9.78. The molecule has 0 saturated carbocycles. The lowest BCUT2D eigenvalue weighted by Gasteiger charge is -2.26. The molecule has 0 saturated heterocycles. The molecule has 0 aromatic heterocycles. The number of rotatable bonds is 3. The van der Waals surface area contributed by atoms with Crippen LogP contribution in [0.1, 0.15) is 33.3 Å². The van der Waals surface area contributed by atoms with Crippen LogP contribution in [0.4, 0.5) is 0 Å². The second-order valence-corrected chi connectivity index (χ2v) is 4.37. The van der Waals surface area contributed by atoms with E-state index in [2.05, 4.69) is 69.3 Å². The van der Waals surface area contributed by atoms with Crippen LogP contribution in [0, 0.1) is 0 Å². The summed E-state index contributed by atoms with van der Waals surface area (Å²) in [5.41, 5.74) is 2.86. The Kier molecular flexibility index (Phi) is 3.90. The molecule has 0 amide bonds. The molecule has 0 aliphatic heterocycles. The number of allylic oxidation sites excluding steroid dienone is 4. The van der Waals surface area contributed by atoms with E-state index in [9.17, 15) is 0 Å². The Bertz CT molecular complexity index is 353. The van der Waals surface area contributed by atoms with Crippen LogP contribution in [-0.2, 0) is 5.41 Å². The van der Waals surface area contributed by atoms with Gasteiger partial charge in [0.15, 0.2) is 0 Å². The standard InChI is InChI=1S/C15H20/c1-5-6-10-13(2)15(3,4)14-11-8-7-9-12-14/h5-12H,1-4H3/b6-5-,13-10+. The van der Waals surface area contributed by atoms with Crippen LogP contribution in [0.25, 0.3) is 0 Å². The van der Waals surface area contributed by atoms with Crippen LogP contribution >= 0.6 is 0 Å². The lowest BCUT2D eigenvalue weighted by molar-refractivity contribution is 0.623. The van der Waals surface area contributed by atoms with E-state index in [1.54, 1.807) is 0 Å². The molecule has 0 aliphatic carbocycles. The first-order valence-corrected chi connectivity index (χ1v) is 5.44. The molecule has 15 heavy (non-hydrogen) atoms. The topological polar surface area (TPSA) is 0 Å². The fourth-order valence-corrected chi connectivity index (χ4v) is 1.53. The minimum atomic E-state index is 0.112. The van der Waals surface area contributed by atoms with E-state index < -0.39 is 0 Å². The number of hydrogen-bond acceptors (Lipinski definition) is 0. The van der Waals surface area contributed by atoms with Crippen LogP contribution in [0.3, 0.4) is 0 Å². The summed E-state index contributed by atoms with van der Waals surface area (Å²) in [5, 5.41) is 0. The predicted molar refractivity (Wildman–Crippen MR) is 68.0 cm³/mol. The first-order valence-electron chi connectivity index (χ1n) is 5.44. The zero-order valence-electron chi connectivity index (χ0n) is 10.1. The van der Waals surface area contributed by atoms with E-state index >= 15 is 0 Å². The summed E-state index contributed by atoms with van der Waals surface area (Å²) in [6.45, 7) is 8.75. The highest BCUT2D eigenvalue weighted by atomic mass is 14.2. The van der Waals surface area contributed by atoms with Gasteiger partial charge in [0, 0.05) is 5.41 Å². The Morgan fingerprint density at radius 3 is 2.27 bits per heavy atom. The average molecular weight is 200 g/mol. The van der Waals surface area contributed by atoms with Crippen molar-refractivity contribution in [3.63, 3.8) is 0 Å². The Balaban J connectivity index is 3.02. The number of benzene rings is 1. The summed E-state index contributed by atoms with van der Waals surface area (Å²) in [6, 6.07) is 10.6. The molecule has 80 valence electrons. The summed E-state index contributed by atoms with van der Waals surface area (Å²) >= 11 is 0. The Morgan fingerprint density at radius 1 is 1.13 bits per heavy atom.